The molecule has 7 nitrogen and oxygen atoms in total. The molecule has 0 bridgehead atoms. The molecule has 3 heterocycles. The number of carbonyl (C=O) groups is 1. The Bertz CT molecular complexity index is 797. The first-order chi connectivity index (χ1) is 14.2. The normalized spacial score (nSPS) is 18.4. The summed E-state index contributed by atoms with van der Waals surface area (Å²) in [5, 5.41) is 9.79. The SMILES string of the molecule is CN1CCN(C(=O)CSc2nnc(CN3CCCC3)n2Cc2ccccc2)CC1. The van der Waals surface area contributed by atoms with Gasteiger partial charge in [0.15, 0.2) is 5.16 Å². The number of piperazine rings is 1. The van der Waals surface area contributed by atoms with Gasteiger partial charge < -0.3 is 14.4 Å². The van der Waals surface area contributed by atoms with Crippen LogP contribution in [0.2, 0.25) is 0 Å². The molecule has 2 aliphatic heterocycles. The lowest BCUT2D eigenvalue weighted by molar-refractivity contribution is -0.129. The van der Waals surface area contributed by atoms with Crippen LogP contribution in [0.5, 0.6) is 0 Å². The third kappa shape index (κ3) is 5.38. The third-order valence-corrected chi connectivity index (χ3v) is 6.67. The van der Waals surface area contributed by atoms with Gasteiger partial charge in [-0.15, -0.1) is 10.2 Å². The molecule has 156 valence electrons. The van der Waals surface area contributed by atoms with Crippen LogP contribution in [0.25, 0.3) is 0 Å². The van der Waals surface area contributed by atoms with Gasteiger partial charge in [0.05, 0.1) is 18.8 Å². The minimum Gasteiger partial charge on any atom is -0.339 e. The van der Waals surface area contributed by atoms with Gasteiger partial charge in [-0.2, -0.15) is 0 Å². The molecule has 0 radical (unpaired) electrons. The van der Waals surface area contributed by atoms with Crippen molar-refractivity contribution in [1.82, 2.24) is 29.5 Å². The molecular formula is C21H30N6OS. The summed E-state index contributed by atoms with van der Waals surface area (Å²) in [6, 6.07) is 10.4. The number of thioether (sulfide) groups is 1. The van der Waals surface area contributed by atoms with Crippen LogP contribution in [0.1, 0.15) is 24.2 Å². The Morgan fingerprint density at radius 1 is 0.966 bits per heavy atom. The molecule has 0 atom stereocenters. The Morgan fingerprint density at radius 2 is 1.69 bits per heavy atom. The van der Waals surface area contributed by atoms with E-state index in [4.69, 9.17) is 0 Å². The number of rotatable bonds is 7. The van der Waals surface area contributed by atoms with Gasteiger partial charge in [0.1, 0.15) is 5.82 Å². The number of amides is 1. The van der Waals surface area contributed by atoms with Gasteiger partial charge in [0.2, 0.25) is 5.91 Å². The number of hydrogen-bond acceptors (Lipinski definition) is 6. The zero-order valence-corrected chi connectivity index (χ0v) is 18.0. The van der Waals surface area contributed by atoms with Crippen LogP contribution >= 0.6 is 11.8 Å². The Morgan fingerprint density at radius 3 is 2.41 bits per heavy atom. The Kier molecular flexibility index (Phi) is 6.84. The second kappa shape index (κ2) is 9.73. The molecule has 4 rings (SSSR count). The molecule has 1 aromatic heterocycles. The van der Waals surface area contributed by atoms with E-state index in [-0.39, 0.29) is 5.91 Å². The Balaban J connectivity index is 1.44. The molecule has 0 spiro atoms. The van der Waals surface area contributed by atoms with Crippen molar-refractivity contribution < 1.29 is 4.79 Å². The highest BCUT2D eigenvalue weighted by Gasteiger charge is 2.22. The van der Waals surface area contributed by atoms with Crippen molar-refractivity contribution in [3.05, 3.63) is 41.7 Å². The maximum atomic E-state index is 12.7. The first-order valence-electron chi connectivity index (χ1n) is 10.5. The summed E-state index contributed by atoms with van der Waals surface area (Å²) in [7, 11) is 2.10. The molecule has 2 aliphatic rings. The van der Waals surface area contributed by atoms with E-state index in [1.54, 1.807) is 0 Å². The highest BCUT2D eigenvalue weighted by Crippen LogP contribution is 2.21. The molecule has 0 N–H and O–H groups in total. The van der Waals surface area contributed by atoms with Crippen LogP contribution in [-0.4, -0.2) is 87.4 Å². The molecule has 2 saturated heterocycles. The quantitative estimate of drug-likeness (QED) is 0.644. The molecule has 0 aliphatic carbocycles. The average Bonchev–Trinajstić information content (AvgIpc) is 3.39. The minimum absolute atomic E-state index is 0.193. The van der Waals surface area contributed by atoms with E-state index in [1.165, 1.54) is 30.2 Å². The van der Waals surface area contributed by atoms with Gasteiger partial charge in [-0.3, -0.25) is 9.69 Å². The van der Waals surface area contributed by atoms with Gasteiger partial charge in [0.25, 0.3) is 0 Å². The maximum Gasteiger partial charge on any atom is 0.233 e. The number of likely N-dealkylation sites (N-methyl/N-ethyl adjacent to an activating group) is 1. The first kappa shape index (κ1) is 20.4. The number of aromatic nitrogens is 3. The summed E-state index contributed by atoms with van der Waals surface area (Å²) >= 11 is 1.51. The van der Waals surface area contributed by atoms with Crippen molar-refractivity contribution in [2.75, 3.05) is 52.1 Å². The topological polar surface area (TPSA) is 57.5 Å². The fourth-order valence-corrected chi connectivity index (χ4v) is 4.74. The molecule has 29 heavy (non-hydrogen) atoms. The van der Waals surface area contributed by atoms with Crippen molar-refractivity contribution in [2.45, 2.75) is 31.1 Å². The first-order valence-corrected chi connectivity index (χ1v) is 11.4. The maximum absolute atomic E-state index is 12.7. The van der Waals surface area contributed by atoms with E-state index in [0.717, 1.165) is 63.3 Å². The van der Waals surface area contributed by atoms with Crippen molar-refractivity contribution in [3.63, 3.8) is 0 Å². The van der Waals surface area contributed by atoms with Crippen LogP contribution in [0, 0.1) is 0 Å². The van der Waals surface area contributed by atoms with E-state index < -0.39 is 0 Å². The lowest BCUT2D eigenvalue weighted by atomic mass is 10.2. The van der Waals surface area contributed by atoms with Crippen LogP contribution < -0.4 is 0 Å². The minimum atomic E-state index is 0.193. The summed E-state index contributed by atoms with van der Waals surface area (Å²) in [6.07, 6.45) is 2.52. The van der Waals surface area contributed by atoms with Gasteiger partial charge in [-0.05, 0) is 38.5 Å². The van der Waals surface area contributed by atoms with Gasteiger partial charge >= 0.3 is 0 Å². The van der Waals surface area contributed by atoms with Crippen LogP contribution in [0.15, 0.2) is 35.5 Å². The number of likely N-dealkylation sites (tertiary alicyclic amines) is 1. The van der Waals surface area contributed by atoms with Crippen molar-refractivity contribution in [2.24, 2.45) is 0 Å². The fraction of sp³-hybridized carbons (Fsp3) is 0.571. The lowest BCUT2D eigenvalue weighted by Crippen LogP contribution is -2.47. The average molecular weight is 415 g/mol. The molecular weight excluding hydrogens is 384 g/mol. The van der Waals surface area contributed by atoms with E-state index in [2.05, 4.69) is 55.9 Å². The van der Waals surface area contributed by atoms with Gasteiger partial charge in [-0.25, -0.2) is 0 Å². The van der Waals surface area contributed by atoms with Crippen molar-refractivity contribution >= 4 is 17.7 Å². The van der Waals surface area contributed by atoms with Gasteiger partial charge in [0, 0.05) is 26.2 Å². The molecule has 8 heteroatoms. The summed E-state index contributed by atoms with van der Waals surface area (Å²) < 4.78 is 2.19. The lowest BCUT2D eigenvalue weighted by Gasteiger charge is -2.32. The number of benzene rings is 1. The van der Waals surface area contributed by atoms with Crippen LogP contribution in [-0.2, 0) is 17.9 Å². The molecule has 2 aromatic rings. The molecule has 0 unspecified atom stereocenters. The summed E-state index contributed by atoms with van der Waals surface area (Å²) in [4.78, 5) is 19.3. The zero-order chi connectivity index (χ0) is 20.1. The second-order valence-corrected chi connectivity index (χ2v) is 8.87. The van der Waals surface area contributed by atoms with Gasteiger partial charge in [-0.1, -0.05) is 42.1 Å². The fourth-order valence-electron chi connectivity index (χ4n) is 3.88. The Labute approximate surface area is 177 Å². The van der Waals surface area contributed by atoms with E-state index >= 15 is 0 Å². The summed E-state index contributed by atoms with van der Waals surface area (Å²) in [5.74, 6) is 1.60. The molecule has 1 aromatic carbocycles. The predicted molar refractivity (Wildman–Crippen MR) is 115 cm³/mol. The zero-order valence-electron chi connectivity index (χ0n) is 17.2. The highest BCUT2D eigenvalue weighted by atomic mass is 32.2. The van der Waals surface area contributed by atoms with Crippen molar-refractivity contribution in [1.29, 1.82) is 0 Å². The van der Waals surface area contributed by atoms with Crippen LogP contribution in [0.3, 0.4) is 0 Å². The monoisotopic (exact) mass is 414 g/mol. The van der Waals surface area contributed by atoms with Crippen LogP contribution in [0.4, 0.5) is 0 Å². The number of carbonyl (C=O) groups excluding carboxylic acids is 1. The van der Waals surface area contributed by atoms with Crippen molar-refractivity contribution in [3.8, 4) is 0 Å². The molecule has 1 amide bonds. The molecule has 2 fully saturated rings. The molecule has 0 saturated carbocycles. The predicted octanol–water partition coefficient (Wildman–Crippen LogP) is 1.79. The smallest absolute Gasteiger partial charge is 0.233 e. The summed E-state index contributed by atoms with van der Waals surface area (Å²) in [5.41, 5.74) is 1.22. The number of nitrogens with zero attached hydrogens (tertiary/aromatic N) is 6. The third-order valence-electron chi connectivity index (χ3n) is 5.72. The van der Waals surface area contributed by atoms with E-state index in [1.807, 2.05) is 11.0 Å². The number of hydrogen-bond donors (Lipinski definition) is 0. The standard InChI is InChI=1S/C21H30N6OS/c1-24-11-13-26(14-12-24)20(28)17-29-21-23-22-19(16-25-9-5-6-10-25)27(21)15-18-7-3-2-4-8-18/h2-4,7-8H,5-6,9-17H2,1H3. The van der Waals surface area contributed by atoms with E-state index in [9.17, 15) is 4.79 Å². The second-order valence-electron chi connectivity index (χ2n) is 7.93. The highest BCUT2D eigenvalue weighted by molar-refractivity contribution is 7.99. The van der Waals surface area contributed by atoms with E-state index in [0.29, 0.717) is 5.75 Å². The summed E-state index contributed by atoms with van der Waals surface area (Å²) in [6.45, 7) is 7.33. The largest absolute Gasteiger partial charge is 0.339 e. The Hall–Kier alpha value is -1.90.